The Morgan fingerprint density at radius 2 is 1.88 bits per heavy atom. The molecule has 0 amide bonds. The minimum atomic E-state index is -0.899. The number of aryl methyl sites for hydroxylation is 1. The topological polar surface area (TPSA) is 46.5 Å². The Hall–Kier alpha value is -1.35. The standard InChI is InChI=1S/C14H20O3/c1-4-11-7-5-6-8-12(11)9-13(14(15)16)17-10(2)3/h5-8,10,13H,4,9H2,1-3H3,(H,15,16)/t13-/m0/s1. The zero-order chi connectivity index (χ0) is 12.8. The van der Waals surface area contributed by atoms with Gasteiger partial charge in [0.15, 0.2) is 6.10 Å². The molecule has 1 aromatic rings. The predicted molar refractivity (Wildman–Crippen MR) is 67.2 cm³/mol. The van der Waals surface area contributed by atoms with Crippen molar-refractivity contribution in [3.63, 3.8) is 0 Å². The molecule has 0 spiro atoms. The Kier molecular flexibility index (Phi) is 5.16. The summed E-state index contributed by atoms with van der Waals surface area (Å²) in [4.78, 5) is 11.1. The van der Waals surface area contributed by atoms with E-state index < -0.39 is 12.1 Å². The molecule has 0 unspecified atom stereocenters. The lowest BCUT2D eigenvalue weighted by molar-refractivity contribution is -0.153. The number of carboxylic acids is 1. The minimum absolute atomic E-state index is 0.0788. The molecule has 0 bridgehead atoms. The molecule has 94 valence electrons. The zero-order valence-electron chi connectivity index (χ0n) is 10.6. The van der Waals surface area contributed by atoms with E-state index in [1.807, 2.05) is 38.1 Å². The Balaban J connectivity index is 2.82. The van der Waals surface area contributed by atoms with Gasteiger partial charge in [0.25, 0.3) is 0 Å². The Labute approximate surface area is 102 Å². The lowest BCUT2D eigenvalue weighted by atomic mass is 10.00. The summed E-state index contributed by atoms with van der Waals surface area (Å²) >= 11 is 0. The molecule has 0 fully saturated rings. The second-order valence-electron chi connectivity index (χ2n) is 4.34. The molecular weight excluding hydrogens is 216 g/mol. The third-order valence-corrected chi connectivity index (χ3v) is 2.62. The highest BCUT2D eigenvalue weighted by molar-refractivity contribution is 5.72. The van der Waals surface area contributed by atoms with Crippen molar-refractivity contribution in [3.05, 3.63) is 35.4 Å². The summed E-state index contributed by atoms with van der Waals surface area (Å²) in [6.07, 6.45) is 0.495. The van der Waals surface area contributed by atoms with E-state index in [0.717, 1.165) is 12.0 Å². The fourth-order valence-corrected chi connectivity index (χ4v) is 1.82. The Morgan fingerprint density at radius 3 is 2.35 bits per heavy atom. The quantitative estimate of drug-likeness (QED) is 0.826. The second-order valence-corrected chi connectivity index (χ2v) is 4.34. The number of benzene rings is 1. The molecule has 0 saturated carbocycles. The first-order valence-electron chi connectivity index (χ1n) is 5.99. The Bertz CT molecular complexity index is 371. The van der Waals surface area contributed by atoms with Crippen LogP contribution in [-0.2, 0) is 22.4 Å². The summed E-state index contributed by atoms with van der Waals surface area (Å²) in [7, 11) is 0. The fraction of sp³-hybridized carbons (Fsp3) is 0.500. The maximum atomic E-state index is 11.1. The first-order chi connectivity index (χ1) is 8.04. The van der Waals surface area contributed by atoms with Gasteiger partial charge >= 0.3 is 5.97 Å². The zero-order valence-corrected chi connectivity index (χ0v) is 10.6. The van der Waals surface area contributed by atoms with Gasteiger partial charge < -0.3 is 9.84 Å². The smallest absolute Gasteiger partial charge is 0.333 e. The van der Waals surface area contributed by atoms with Crippen LogP contribution in [0.4, 0.5) is 0 Å². The molecular formula is C14H20O3. The van der Waals surface area contributed by atoms with E-state index in [-0.39, 0.29) is 6.10 Å². The van der Waals surface area contributed by atoms with Gasteiger partial charge in [0.05, 0.1) is 6.10 Å². The van der Waals surface area contributed by atoms with Crippen molar-refractivity contribution in [1.29, 1.82) is 0 Å². The van der Waals surface area contributed by atoms with Crippen LogP contribution >= 0.6 is 0 Å². The monoisotopic (exact) mass is 236 g/mol. The SMILES string of the molecule is CCc1ccccc1C[C@H](OC(C)C)C(=O)O. The van der Waals surface area contributed by atoms with Crippen molar-refractivity contribution in [2.45, 2.75) is 45.8 Å². The van der Waals surface area contributed by atoms with Gasteiger partial charge in [0.2, 0.25) is 0 Å². The summed E-state index contributed by atoms with van der Waals surface area (Å²) < 4.78 is 5.42. The molecule has 0 heterocycles. The average molecular weight is 236 g/mol. The normalized spacial score (nSPS) is 12.7. The van der Waals surface area contributed by atoms with E-state index in [9.17, 15) is 4.79 Å². The van der Waals surface area contributed by atoms with E-state index in [2.05, 4.69) is 6.92 Å². The molecule has 17 heavy (non-hydrogen) atoms. The van der Waals surface area contributed by atoms with Crippen LogP contribution in [0.1, 0.15) is 31.9 Å². The van der Waals surface area contributed by atoms with Gasteiger partial charge in [-0.25, -0.2) is 4.79 Å². The highest BCUT2D eigenvalue weighted by Crippen LogP contribution is 2.14. The first kappa shape index (κ1) is 13.7. The first-order valence-corrected chi connectivity index (χ1v) is 5.99. The van der Waals surface area contributed by atoms with Crippen LogP contribution in [0.5, 0.6) is 0 Å². The van der Waals surface area contributed by atoms with Crippen LogP contribution < -0.4 is 0 Å². The van der Waals surface area contributed by atoms with Gasteiger partial charge in [-0.15, -0.1) is 0 Å². The molecule has 1 N–H and O–H groups in total. The number of rotatable bonds is 6. The van der Waals surface area contributed by atoms with Crippen LogP contribution in [0.3, 0.4) is 0 Å². The van der Waals surface area contributed by atoms with Crippen LogP contribution in [0, 0.1) is 0 Å². The van der Waals surface area contributed by atoms with Crippen LogP contribution in [0.15, 0.2) is 24.3 Å². The van der Waals surface area contributed by atoms with Crippen molar-refractivity contribution in [1.82, 2.24) is 0 Å². The van der Waals surface area contributed by atoms with E-state index in [1.165, 1.54) is 5.56 Å². The number of hydrogen-bond acceptors (Lipinski definition) is 2. The maximum absolute atomic E-state index is 11.1. The average Bonchev–Trinajstić information content (AvgIpc) is 2.28. The highest BCUT2D eigenvalue weighted by Gasteiger charge is 2.20. The van der Waals surface area contributed by atoms with Crippen molar-refractivity contribution >= 4 is 5.97 Å². The molecule has 0 radical (unpaired) electrons. The van der Waals surface area contributed by atoms with Gasteiger partial charge in [0, 0.05) is 6.42 Å². The van der Waals surface area contributed by atoms with E-state index >= 15 is 0 Å². The molecule has 1 rings (SSSR count). The molecule has 0 aliphatic heterocycles. The van der Waals surface area contributed by atoms with E-state index in [4.69, 9.17) is 9.84 Å². The molecule has 0 aliphatic rings. The van der Waals surface area contributed by atoms with Crippen molar-refractivity contribution in [2.75, 3.05) is 0 Å². The van der Waals surface area contributed by atoms with E-state index in [0.29, 0.717) is 6.42 Å². The van der Waals surface area contributed by atoms with E-state index in [1.54, 1.807) is 0 Å². The molecule has 0 aliphatic carbocycles. The minimum Gasteiger partial charge on any atom is -0.479 e. The summed E-state index contributed by atoms with van der Waals surface area (Å²) in [5, 5.41) is 9.12. The van der Waals surface area contributed by atoms with Gasteiger partial charge in [-0.2, -0.15) is 0 Å². The lowest BCUT2D eigenvalue weighted by Crippen LogP contribution is -2.29. The molecule has 3 nitrogen and oxygen atoms in total. The maximum Gasteiger partial charge on any atom is 0.333 e. The van der Waals surface area contributed by atoms with Gasteiger partial charge in [-0.05, 0) is 31.4 Å². The third-order valence-electron chi connectivity index (χ3n) is 2.62. The van der Waals surface area contributed by atoms with Crippen molar-refractivity contribution < 1.29 is 14.6 Å². The number of ether oxygens (including phenoxy) is 1. The number of hydrogen-bond donors (Lipinski definition) is 1. The van der Waals surface area contributed by atoms with Crippen LogP contribution in [0.2, 0.25) is 0 Å². The highest BCUT2D eigenvalue weighted by atomic mass is 16.5. The van der Waals surface area contributed by atoms with Gasteiger partial charge in [-0.3, -0.25) is 0 Å². The van der Waals surface area contributed by atoms with Crippen LogP contribution in [-0.4, -0.2) is 23.3 Å². The molecule has 0 aromatic heterocycles. The van der Waals surface area contributed by atoms with Crippen LogP contribution in [0.25, 0.3) is 0 Å². The summed E-state index contributed by atoms with van der Waals surface area (Å²) in [5.74, 6) is -0.899. The predicted octanol–water partition coefficient (Wildman–Crippen LogP) is 2.67. The molecule has 0 saturated heterocycles. The van der Waals surface area contributed by atoms with Gasteiger partial charge in [-0.1, -0.05) is 31.2 Å². The molecule has 3 heteroatoms. The fourth-order valence-electron chi connectivity index (χ4n) is 1.82. The largest absolute Gasteiger partial charge is 0.479 e. The summed E-state index contributed by atoms with van der Waals surface area (Å²) in [6.45, 7) is 5.77. The summed E-state index contributed by atoms with van der Waals surface area (Å²) in [5.41, 5.74) is 2.24. The second kappa shape index (κ2) is 6.40. The number of carboxylic acid groups (broad SMARTS) is 1. The third kappa shape index (κ3) is 4.19. The van der Waals surface area contributed by atoms with Gasteiger partial charge in [0.1, 0.15) is 0 Å². The lowest BCUT2D eigenvalue weighted by Gasteiger charge is -2.18. The number of aliphatic carboxylic acids is 1. The Morgan fingerprint density at radius 1 is 1.29 bits per heavy atom. The molecule has 1 atom stereocenters. The number of carbonyl (C=O) groups is 1. The molecule has 1 aromatic carbocycles. The van der Waals surface area contributed by atoms with Crippen molar-refractivity contribution in [2.24, 2.45) is 0 Å². The summed E-state index contributed by atoms with van der Waals surface area (Å²) in [6, 6.07) is 7.91. The van der Waals surface area contributed by atoms with Crippen molar-refractivity contribution in [3.8, 4) is 0 Å².